The third-order valence-corrected chi connectivity index (χ3v) is 7.12. The van der Waals surface area contributed by atoms with Gasteiger partial charge in [-0.25, -0.2) is 4.99 Å². The second-order valence-electron chi connectivity index (χ2n) is 9.73. The highest BCUT2D eigenvalue weighted by Crippen LogP contribution is 2.35. The number of anilines is 1. The van der Waals surface area contributed by atoms with E-state index in [1.54, 1.807) is 13.0 Å². The molecule has 3 aliphatic heterocycles. The van der Waals surface area contributed by atoms with Crippen LogP contribution in [0.2, 0.25) is 0 Å². The van der Waals surface area contributed by atoms with Crippen LogP contribution in [0.1, 0.15) is 47.9 Å². The van der Waals surface area contributed by atoms with Crippen molar-refractivity contribution in [3.8, 4) is 5.75 Å². The van der Waals surface area contributed by atoms with Crippen molar-refractivity contribution < 1.29 is 14.3 Å². The van der Waals surface area contributed by atoms with Crippen molar-refractivity contribution in [3.05, 3.63) is 53.6 Å². The average molecular weight is 476 g/mol. The van der Waals surface area contributed by atoms with Gasteiger partial charge in [-0.05, 0) is 56.5 Å². The summed E-state index contributed by atoms with van der Waals surface area (Å²) in [6.07, 6.45) is 1.03. The molecule has 2 aromatic carbocycles. The summed E-state index contributed by atoms with van der Waals surface area (Å²) in [7, 11) is 0. The standard InChI is InChI=1S/C27H33N5O3/c1-18-10-11-32(17-18)27-29-24-9-8-21(16-25(24)35-27)26(34)31-14-12-30(13-15-31)20(3)28-23-7-5-4-6-22(23)19(2)33/h4-9,16,18,27,29H,10-15,17H2,1-3H3. The number of hydrogen-bond donors (Lipinski definition) is 1. The molecular weight excluding hydrogens is 442 g/mol. The summed E-state index contributed by atoms with van der Waals surface area (Å²) in [6, 6.07) is 13.1. The minimum atomic E-state index is -0.153. The van der Waals surface area contributed by atoms with Crippen molar-refractivity contribution in [2.24, 2.45) is 10.9 Å². The number of carbonyl (C=O) groups excluding carboxylic acids is 2. The highest BCUT2D eigenvalue weighted by atomic mass is 16.5. The number of hydrogen-bond acceptors (Lipinski definition) is 6. The number of amides is 1. The Kier molecular flexibility index (Phi) is 6.47. The number of nitrogens with zero attached hydrogens (tertiary/aromatic N) is 4. The lowest BCUT2D eigenvalue weighted by atomic mass is 10.1. The Labute approximate surface area is 206 Å². The normalized spacial score (nSPS) is 22.5. The van der Waals surface area contributed by atoms with Crippen molar-refractivity contribution in [1.82, 2.24) is 14.7 Å². The summed E-state index contributed by atoms with van der Waals surface area (Å²) in [5.74, 6) is 2.29. The number of benzene rings is 2. The van der Waals surface area contributed by atoms with E-state index < -0.39 is 0 Å². The molecule has 184 valence electrons. The van der Waals surface area contributed by atoms with Gasteiger partial charge in [-0.2, -0.15) is 0 Å². The van der Waals surface area contributed by atoms with Gasteiger partial charge >= 0.3 is 0 Å². The van der Waals surface area contributed by atoms with Crippen molar-refractivity contribution in [3.63, 3.8) is 0 Å². The zero-order valence-corrected chi connectivity index (χ0v) is 20.7. The molecule has 0 bridgehead atoms. The number of ketones is 1. The van der Waals surface area contributed by atoms with Gasteiger partial charge in [0.1, 0.15) is 11.6 Å². The number of aliphatic imine (C=N–C) groups is 1. The molecule has 3 heterocycles. The van der Waals surface area contributed by atoms with Gasteiger partial charge in [0.2, 0.25) is 6.35 Å². The zero-order chi connectivity index (χ0) is 24.5. The number of likely N-dealkylation sites (tertiary alicyclic amines) is 1. The molecule has 2 fully saturated rings. The molecule has 0 saturated carbocycles. The fraction of sp³-hybridized carbons (Fsp3) is 0.444. The Bertz CT molecular complexity index is 1160. The Morgan fingerprint density at radius 3 is 2.46 bits per heavy atom. The molecule has 2 aromatic rings. The number of fused-ring (bicyclic) bond motifs is 1. The first-order valence-electron chi connectivity index (χ1n) is 12.4. The Morgan fingerprint density at radius 2 is 1.74 bits per heavy atom. The van der Waals surface area contributed by atoms with Crippen LogP contribution in [0.4, 0.5) is 11.4 Å². The number of rotatable bonds is 4. The van der Waals surface area contributed by atoms with E-state index in [4.69, 9.17) is 9.73 Å². The molecule has 2 atom stereocenters. The Balaban J connectivity index is 1.20. The number of para-hydroxylation sites is 1. The van der Waals surface area contributed by atoms with Crippen LogP contribution in [0.3, 0.4) is 0 Å². The van der Waals surface area contributed by atoms with E-state index in [9.17, 15) is 9.59 Å². The lowest BCUT2D eigenvalue weighted by molar-refractivity contribution is 0.0686. The second kappa shape index (κ2) is 9.70. The van der Waals surface area contributed by atoms with Gasteiger partial charge in [0.15, 0.2) is 5.78 Å². The zero-order valence-electron chi connectivity index (χ0n) is 20.7. The van der Waals surface area contributed by atoms with Crippen LogP contribution >= 0.6 is 0 Å². The van der Waals surface area contributed by atoms with E-state index >= 15 is 0 Å². The van der Waals surface area contributed by atoms with Crippen LogP contribution in [-0.2, 0) is 0 Å². The Morgan fingerprint density at radius 1 is 1.00 bits per heavy atom. The van der Waals surface area contributed by atoms with Crippen molar-refractivity contribution in [2.75, 3.05) is 44.6 Å². The first-order chi connectivity index (χ1) is 16.9. The lowest BCUT2D eigenvalue weighted by Gasteiger charge is -2.36. The average Bonchev–Trinajstić information content (AvgIpc) is 3.49. The van der Waals surface area contributed by atoms with E-state index in [1.165, 1.54) is 6.42 Å². The van der Waals surface area contributed by atoms with Gasteiger partial charge in [0.25, 0.3) is 5.91 Å². The summed E-state index contributed by atoms with van der Waals surface area (Å²) in [6.45, 7) is 10.4. The predicted octanol–water partition coefficient (Wildman–Crippen LogP) is 3.83. The number of carbonyl (C=O) groups is 2. The lowest BCUT2D eigenvalue weighted by Crippen LogP contribution is -2.50. The molecule has 35 heavy (non-hydrogen) atoms. The molecule has 1 N–H and O–H groups in total. The van der Waals surface area contributed by atoms with Crippen LogP contribution in [0.15, 0.2) is 47.5 Å². The second-order valence-corrected chi connectivity index (χ2v) is 9.73. The fourth-order valence-electron chi connectivity index (χ4n) is 5.03. The molecule has 0 radical (unpaired) electrons. The van der Waals surface area contributed by atoms with Gasteiger partial charge in [-0.15, -0.1) is 0 Å². The van der Waals surface area contributed by atoms with Crippen molar-refractivity contribution in [2.45, 2.75) is 33.5 Å². The number of amidine groups is 1. The molecule has 5 rings (SSSR count). The summed E-state index contributed by atoms with van der Waals surface area (Å²) in [5, 5.41) is 3.43. The number of nitrogens with one attached hydrogen (secondary N) is 1. The molecule has 0 aliphatic carbocycles. The van der Waals surface area contributed by atoms with Crippen LogP contribution in [0.25, 0.3) is 0 Å². The third-order valence-electron chi connectivity index (χ3n) is 7.12. The molecule has 1 amide bonds. The van der Waals surface area contributed by atoms with Gasteiger partial charge in [-0.3, -0.25) is 14.5 Å². The van der Waals surface area contributed by atoms with Crippen LogP contribution in [0, 0.1) is 5.92 Å². The maximum atomic E-state index is 13.2. The van der Waals surface area contributed by atoms with E-state index in [2.05, 4.69) is 22.0 Å². The minimum absolute atomic E-state index is 0.00222. The number of piperazine rings is 1. The number of ether oxygens (including phenoxy) is 1. The predicted molar refractivity (Wildman–Crippen MR) is 137 cm³/mol. The smallest absolute Gasteiger partial charge is 0.254 e. The largest absolute Gasteiger partial charge is 0.455 e. The maximum Gasteiger partial charge on any atom is 0.254 e. The third kappa shape index (κ3) is 4.89. The topological polar surface area (TPSA) is 77.5 Å². The minimum Gasteiger partial charge on any atom is -0.455 e. The van der Waals surface area contributed by atoms with Gasteiger partial charge in [0, 0.05) is 50.4 Å². The molecule has 8 heteroatoms. The number of Topliss-reactive ketones (excluding diaryl/α,β-unsaturated/α-hetero) is 1. The quantitative estimate of drug-likeness (QED) is 0.412. The van der Waals surface area contributed by atoms with E-state index in [-0.39, 0.29) is 18.0 Å². The van der Waals surface area contributed by atoms with E-state index in [0.29, 0.717) is 48.9 Å². The van der Waals surface area contributed by atoms with E-state index in [0.717, 1.165) is 30.4 Å². The summed E-state index contributed by atoms with van der Waals surface area (Å²) >= 11 is 0. The molecule has 2 saturated heterocycles. The van der Waals surface area contributed by atoms with Crippen LogP contribution < -0.4 is 10.1 Å². The highest BCUT2D eigenvalue weighted by Gasteiger charge is 2.33. The van der Waals surface area contributed by atoms with Crippen LogP contribution in [-0.4, -0.2) is 77.8 Å². The van der Waals surface area contributed by atoms with Crippen molar-refractivity contribution >= 4 is 28.9 Å². The van der Waals surface area contributed by atoms with E-state index in [1.807, 2.05) is 48.2 Å². The Hall–Kier alpha value is -3.39. The van der Waals surface area contributed by atoms with Gasteiger partial charge in [0.05, 0.1) is 11.4 Å². The van der Waals surface area contributed by atoms with Crippen molar-refractivity contribution in [1.29, 1.82) is 0 Å². The van der Waals surface area contributed by atoms with Crippen LogP contribution in [0.5, 0.6) is 5.75 Å². The van der Waals surface area contributed by atoms with Gasteiger partial charge in [-0.1, -0.05) is 19.1 Å². The molecule has 3 aliphatic rings. The highest BCUT2D eigenvalue weighted by molar-refractivity contribution is 6.00. The summed E-state index contributed by atoms with van der Waals surface area (Å²) in [5.41, 5.74) is 2.89. The first kappa shape index (κ1) is 23.4. The summed E-state index contributed by atoms with van der Waals surface area (Å²) < 4.78 is 6.14. The molecule has 0 aromatic heterocycles. The molecular formula is C27H33N5O3. The first-order valence-corrected chi connectivity index (χ1v) is 12.4. The fourth-order valence-corrected chi connectivity index (χ4v) is 5.03. The molecule has 2 unspecified atom stereocenters. The molecule has 0 spiro atoms. The SMILES string of the molecule is CC(=O)c1ccccc1N=C(C)N1CCN(C(=O)c2ccc3c(c2)OC(N2CCC(C)C2)N3)CC1. The summed E-state index contributed by atoms with van der Waals surface area (Å²) in [4.78, 5) is 36.2. The van der Waals surface area contributed by atoms with Gasteiger partial charge < -0.3 is 19.9 Å². The maximum absolute atomic E-state index is 13.2. The molecule has 8 nitrogen and oxygen atoms in total. The monoisotopic (exact) mass is 475 g/mol.